The maximum Gasteiger partial charge on any atom is 0.200 e. The van der Waals surface area contributed by atoms with E-state index >= 15 is 0 Å². The van der Waals surface area contributed by atoms with Crippen LogP contribution in [0.25, 0.3) is 0 Å². The number of methoxy groups -OCH3 is 2. The van der Waals surface area contributed by atoms with Crippen LogP contribution in [-0.4, -0.2) is 29.5 Å². The van der Waals surface area contributed by atoms with Gasteiger partial charge in [-0.25, -0.2) is 4.39 Å². The van der Waals surface area contributed by atoms with Crippen LogP contribution in [0.4, 0.5) is 4.39 Å². The Kier molecular flexibility index (Phi) is 5.16. The van der Waals surface area contributed by atoms with Gasteiger partial charge in [-0.3, -0.25) is 0 Å². The van der Waals surface area contributed by atoms with Crippen LogP contribution in [0.2, 0.25) is 0 Å². The number of fused-ring (bicyclic) bond motifs is 1. The van der Waals surface area contributed by atoms with Crippen LogP contribution in [0.1, 0.15) is 40.5 Å². The van der Waals surface area contributed by atoms with E-state index in [0.717, 1.165) is 29.5 Å². The summed E-state index contributed by atoms with van der Waals surface area (Å²) < 4.78 is 24.9. The van der Waals surface area contributed by atoms with Crippen LogP contribution in [0.15, 0.2) is 48.5 Å². The first-order chi connectivity index (χ1) is 14.4. The Hall–Kier alpha value is -3.41. The first-order valence-electron chi connectivity index (χ1n) is 9.68. The number of phenols is 3. The Morgan fingerprint density at radius 3 is 2.20 bits per heavy atom. The van der Waals surface area contributed by atoms with E-state index in [-0.39, 0.29) is 23.3 Å². The van der Waals surface area contributed by atoms with Gasteiger partial charge in [0.15, 0.2) is 23.1 Å². The van der Waals surface area contributed by atoms with Crippen molar-refractivity contribution in [1.29, 1.82) is 0 Å². The van der Waals surface area contributed by atoms with Gasteiger partial charge in [0.25, 0.3) is 0 Å². The SMILES string of the molecule is COc1cc(C2CCc3cc(O)ccc3C2c2ccc(O)c(F)c2)cc(OC)c1O. The average molecular weight is 410 g/mol. The van der Waals surface area contributed by atoms with Crippen molar-refractivity contribution in [1.82, 2.24) is 0 Å². The minimum Gasteiger partial charge on any atom is -0.508 e. The zero-order chi connectivity index (χ0) is 21.4. The fraction of sp³-hybridized carbons (Fsp3) is 0.250. The monoisotopic (exact) mass is 410 g/mol. The summed E-state index contributed by atoms with van der Waals surface area (Å²) in [6.45, 7) is 0. The Balaban J connectivity index is 1.90. The van der Waals surface area contributed by atoms with E-state index in [4.69, 9.17) is 9.47 Å². The van der Waals surface area contributed by atoms with E-state index in [9.17, 15) is 19.7 Å². The van der Waals surface area contributed by atoms with E-state index in [0.29, 0.717) is 17.1 Å². The third-order valence-electron chi connectivity index (χ3n) is 5.85. The van der Waals surface area contributed by atoms with Crippen molar-refractivity contribution in [2.75, 3.05) is 14.2 Å². The fourth-order valence-corrected chi connectivity index (χ4v) is 4.42. The minimum atomic E-state index is -0.682. The van der Waals surface area contributed by atoms with Gasteiger partial charge in [-0.15, -0.1) is 0 Å². The van der Waals surface area contributed by atoms with Crippen LogP contribution in [0.5, 0.6) is 28.7 Å². The molecule has 1 aliphatic rings. The molecule has 0 saturated heterocycles. The highest BCUT2D eigenvalue weighted by Gasteiger charge is 2.33. The maximum absolute atomic E-state index is 14.2. The number of hydrogen-bond acceptors (Lipinski definition) is 5. The van der Waals surface area contributed by atoms with Gasteiger partial charge < -0.3 is 24.8 Å². The third kappa shape index (κ3) is 3.38. The molecule has 0 fully saturated rings. The lowest BCUT2D eigenvalue weighted by Crippen LogP contribution is -2.20. The standard InChI is InChI=1S/C24H23FO5/c1-29-21-11-15(12-22(30-2)24(21)28)18-6-3-13-9-16(26)5-7-17(13)23(18)14-4-8-20(27)19(25)10-14/h4-5,7-12,18,23,26-28H,3,6H2,1-2H3. The molecule has 0 aromatic heterocycles. The molecule has 0 radical (unpaired) electrons. The number of aromatic hydroxyl groups is 3. The van der Waals surface area contributed by atoms with Crippen molar-refractivity contribution in [3.63, 3.8) is 0 Å². The molecule has 6 heteroatoms. The molecule has 0 aliphatic heterocycles. The molecule has 4 rings (SSSR count). The Bertz CT molecular complexity index is 1070. The number of hydrogen-bond donors (Lipinski definition) is 3. The lowest BCUT2D eigenvalue weighted by Gasteiger charge is -2.35. The maximum atomic E-state index is 14.2. The van der Waals surface area contributed by atoms with E-state index in [1.807, 2.05) is 6.07 Å². The van der Waals surface area contributed by atoms with E-state index in [1.54, 1.807) is 30.3 Å². The molecule has 3 N–H and O–H groups in total. The molecular formula is C24H23FO5. The lowest BCUT2D eigenvalue weighted by atomic mass is 9.69. The van der Waals surface area contributed by atoms with Crippen molar-refractivity contribution in [3.8, 4) is 28.7 Å². The molecule has 0 amide bonds. The van der Waals surface area contributed by atoms with Gasteiger partial charge in [-0.2, -0.15) is 0 Å². The second-order valence-electron chi connectivity index (χ2n) is 7.49. The molecule has 30 heavy (non-hydrogen) atoms. The summed E-state index contributed by atoms with van der Waals surface area (Å²) in [6.07, 6.45) is 1.47. The third-order valence-corrected chi connectivity index (χ3v) is 5.85. The molecular weight excluding hydrogens is 387 g/mol. The van der Waals surface area contributed by atoms with Crippen LogP contribution in [0, 0.1) is 5.82 Å². The van der Waals surface area contributed by atoms with Gasteiger partial charge in [-0.1, -0.05) is 12.1 Å². The van der Waals surface area contributed by atoms with Crippen molar-refractivity contribution in [3.05, 3.63) is 76.6 Å². The molecule has 3 aromatic rings. The highest BCUT2D eigenvalue weighted by Crippen LogP contribution is 2.50. The van der Waals surface area contributed by atoms with Crippen LogP contribution in [0.3, 0.4) is 0 Å². The molecule has 2 unspecified atom stereocenters. The second-order valence-corrected chi connectivity index (χ2v) is 7.49. The Morgan fingerprint density at radius 2 is 1.57 bits per heavy atom. The van der Waals surface area contributed by atoms with Crippen LogP contribution < -0.4 is 9.47 Å². The molecule has 156 valence electrons. The number of halogens is 1. The number of rotatable bonds is 4. The summed E-state index contributed by atoms with van der Waals surface area (Å²) in [5.41, 5.74) is 3.59. The van der Waals surface area contributed by atoms with Gasteiger partial charge in [0, 0.05) is 5.92 Å². The minimum absolute atomic E-state index is 0.0608. The van der Waals surface area contributed by atoms with Crippen LogP contribution >= 0.6 is 0 Å². The zero-order valence-corrected chi connectivity index (χ0v) is 16.7. The lowest BCUT2D eigenvalue weighted by molar-refractivity contribution is 0.338. The van der Waals surface area contributed by atoms with E-state index < -0.39 is 11.6 Å². The Labute approximate surface area is 174 Å². The Morgan fingerprint density at radius 1 is 0.867 bits per heavy atom. The number of aryl methyl sites for hydroxylation is 1. The summed E-state index contributed by atoms with van der Waals surface area (Å²) >= 11 is 0. The van der Waals surface area contributed by atoms with Crippen molar-refractivity contribution < 1.29 is 29.2 Å². The molecule has 0 saturated carbocycles. The molecule has 1 aliphatic carbocycles. The molecule has 0 spiro atoms. The zero-order valence-electron chi connectivity index (χ0n) is 16.7. The van der Waals surface area contributed by atoms with Gasteiger partial charge in [0.05, 0.1) is 14.2 Å². The molecule has 2 atom stereocenters. The average Bonchev–Trinajstić information content (AvgIpc) is 2.75. The first kappa shape index (κ1) is 19.9. The predicted molar refractivity (Wildman–Crippen MR) is 110 cm³/mol. The highest BCUT2D eigenvalue weighted by molar-refractivity contribution is 5.56. The normalized spacial score (nSPS) is 18.0. The summed E-state index contributed by atoms with van der Waals surface area (Å²) in [6, 6.07) is 13.2. The van der Waals surface area contributed by atoms with Crippen LogP contribution in [-0.2, 0) is 6.42 Å². The quantitative estimate of drug-likeness (QED) is 0.575. The second kappa shape index (κ2) is 7.78. The first-order valence-corrected chi connectivity index (χ1v) is 9.68. The highest BCUT2D eigenvalue weighted by atomic mass is 19.1. The van der Waals surface area contributed by atoms with Crippen molar-refractivity contribution in [2.24, 2.45) is 0 Å². The summed E-state index contributed by atoms with van der Waals surface area (Å²) in [5.74, 6) is -0.637. The smallest absolute Gasteiger partial charge is 0.200 e. The van der Waals surface area contributed by atoms with Gasteiger partial charge >= 0.3 is 0 Å². The molecule has 0 heterocycles. The predicted octanol–water partition coefficient (Wildman–Crippen LogP) is 4.82. The van der Waals surface area contributed by atoms with E-state index in [1.165, 1.54) is 26.4 Å². The number of ether oxygens (including phenoxy) is 2. The molecule has 3 aromatic carbocycles. The topological polar surface area (TPSA) is 79.2 Å². The van der Waals surface area contributed by atoms with Crippen molar-refractivity contribution in [2.45, 2.75) is 24.7 Å². The molecule has 0 bridgehead atoms. The van der Waals surface area contributed by atoms with E-state index in [2.05, 4.69) is 0 Å². The summed E-state index contributed by atoms with van der Waals surface area (Å²) in [4.78, 5) is 0. The number of phenolic OH excluding ortho intramolecular Hbond substituents is 3. The number of benzene rings is 3. The van der Waals surface area contributed by atoms with Gasteiger partial charge in [-0.05, 0) is 77.4 Å². The fourth-order valence-electron chi connectivity index (χ4n) is 4.42. The summed E-state index contributed by atoms with van der Waals surface area (Å²) in [7, 11) is 2.95. The van der Waals surface area contributed by atoms with Crippen molar-refractivity contribution >= 4 is 0 Å². The van der Waals surface area contributed by atoms with Gasteiger partial charge in [0.1, 0.15) is 5.75 Å². The van der Waals surface area contributed by atoms with Gasteiger partial charge in [0.2, 0.25) is 5.75 Å². The largest absolute Gasteiger partial charge is 0.508 e. The molecule has 5 nitrogen and oxygen atoms in total. The summed E-state index contributed by atoms with van der Waals surface area (Å²) in [5, 5.41) is 29.9.